The molecule has 1 aromatic rings. The minimum absolute atomic E-state index is 0.519. The van der Waals surface area contributed by atoms with Gasteiger partial charge in [-0.3, -0.25) is 9.80 Å². The fourth-order valence-electron chi connectivity index (χ4n) is 3.87. The zero-order valence-electron chi connectivity index (χ0n) is 15.5. The van der Waals surface area contributed by atoms with Crippen LogP contribution in [0.5, 0.6) is 0 Å². The number of aromatic nitrogens is 3. The second kappa shape index (κ2) is 8.41. The van der Waals surface area contributed by atoms with Crippen molar-refractivity contribution < 1.29 is 4.74 Å². The summed E-state index contributed by atoms with van der Waals surface area (Å²) in [5.41, 5.74) is 1.13. The third-order valence-corrected chi connectivity index (χ3v) is 5.30. The molecule has 0 radical (unpaired) electrons. The van der Waals surface area contributed by atoms with E-state index in [1.165, 1.54) is 12.8 Å². The molecular formula is C18H33N5O. The van der Waals surface area contributed by atoms with E-state index in [1.807, 2.05) is 0 Å². The van der Waals surface area contributed by atoms with Crippen LogP contribution >= 0.6 is 0 Å². The number of likely N-dealkylation sites (tertiary alicyclic amines) is 1. The molecule has 1 atom stereocenters. The molecule has 6 heteroatoms. The normalized spacial score (nSPS) is 23.0. The number of ether oxygens (including phenoxy) is 1. The highest BCUT2D eigenvalue weighted by Crippen LogP contribution is 2.23. The summed E-state index contributed by atoms with van der Waals surface area (Å²) in [6, 6.07) is 1.14. The molecule has 2 aliphatic heterocycles. The van der Waals surface area contributed by atoms with Gasteiger partial charge in [0, 0.05) is 45.0 Å². The molecule has 0 aromatic carbocycles. The van der Waals surface area contributed by atoms with E-state index in [2.05, 4.69) is 51.8 Å². The van der Waals surface area contributed by atoms with Crippen LogP contribution in [0.1, 0.15) is 45.3 Å². The predicted molar refractivity (Wildman–Crippen MR) is 95.1 cm³/mol. The molecule has 6 nitrogen and oxygen atoms in total. The van der Waals surface area contributed by atoms with Gasteiger partial charge in [0.15, 0.2) is 0 Å². The van der Waals surface area contributed by atoms with Crippen molar-refractivity contribution in [3.05, 3.63) is 11.9 Å². The van der Waals surface area contributed by atoms with E-state index in [0.717, 1.165) is 58.1 Å². The molecule has 2 aliphatic rings. The lowest BCUT2D eigenvalue weighted by atomic mass is 10.0. The van der Waals surface area contributed by atoms with Crippen LogP contribution in [-0.4, -0.2) is 76.8 Å². The zero-order valence-corrected chi connectivity index (χ0v) is 15.5. The van der Waals surface area contributed by atoms with Crippen molar-refractivity contribution in [1.29, 1.82) is 0 Å². The first-order chi connectivity index (χ1) is 11.6. The molecule has 1 aromatic heterocycles. The SMILES string of the molecule is CC(C)Cc1cn(C2CCN(C(C)CN3CCOCC3)CC2)nn1. The van der Waals surface area contributed by atoms with E-state index in [1.54, 1.807) is 0 Å². The molecule has 3 heterocycles. The highest BCUT2D eigenvalue weighted by atomic mass is 16.5. The topological polar surface area (TPSA) is 46.4 Å². The minimum Gasteiger partial charge on any atom is -0.379 e. The van der Waals surface area contributed by atoms with Gasteiger partial charge >= 0.3 is 0 Å². The van der Waals surface area contributed by atoms with Crippen molar-refractivity contribution >= 4 is 0 Å². The van der Waals surface area contributed by atoms with Crippen molar-refractivity contribution in [2.75, 3.05) is 45.9 Å². The quantitative estimate of drug-likeness (QED) is 0.794. The molecule has 0 spiro atoms. The Bertz CT molecular complexity index is 489. The van der Waals surface area contributed by atoms with E-state index in [4.69, 9.17) is 4.74 Å². The minimum atomic E-state index is 0.519. The maximum atomic E-state index is 5.44. The molecule has 0 bridgehead atoms. The smallest absolute Gasteiger partial charge is 0.0829 e. The Kier molecular flexibility index (Phi) is 6.25. The Morgan fingerprint density at radius 3 is 2.50 bits per heavy atom. The summed E-state index contributed by atoms with van der Waals surface area (Å²) in [7, 11) is 0. The number of nitrogens with zero attached hydrogens (tertiary/aromatic N) is 5. The summed E-state index contributed by atoms with van der Waals surface area (Å²) in [5.74, 6) is 0.637. The number of morpholine rings is 1. The number of rotatable bonds is 6. The molecule has 0 saturated carbocycles. The van der Waals surface area contributed by atoms with E-state index in [0.29, 0.717) is 18.0 Å². The molecule has 3 rings (SSSR count). The molecule has 0 N–H and O–H groups in total. The average molecular weight is 335 g/mol. The van der Waals surface area contributed by atoms with E-state index >= 15 is 0 Å². The van der Waals surface area contributed by atoms with Crippen LogP contribution in [0, 0.1) is 5.92 Å². The van der Waals surface area contributed by atoms with Gasteiger partial charge in [0.25, 0.3) is 0 Å². The van der Waals surface area contributed by atoms with Crippen molar-refractivity contribution in [3.8, 4) is 0 Å². The summed E-state index contributed by atoms with van der Waals surface area (Å²) in [5, 5.41) is 8.73. The maximum Gasteiger partial charge on any atom is 0.0829 e. The summed E-state index contributed by atoms with van der Waals surface area (Å²) < 4.78 is 7.56. The molecular weight excluding hydrogens is 302 g/mol. The van der Waals surface area contributed by atoms with Crippen molar-refractivity contribution in [1.82, 2.24) is 24.8 Å². The largest absolute Gasteiger partial charge is 0.379 e. The Balaban J connectivity index is 1.45. The summed E-state index contributed by atoms with van der Waals surface area (Å²) in [4.78, 5) is 5.17. The first-order valence-corrected chi connectivity index (χ1v) is 9.56. The van der Waals surface area contributed by atoms with E-state index in [-0.39, 0.29) is 0 Å². The van der Waals surface area contributed by atoms with Gasteiger partial charge < -0.3 is 4.74 Å². The fourth-order valence-corrected chi connectivity index (χ4v) is 3.87. The Morgan fingerprint density at radius 1 is 1.12 bits per heavy atom. The molecule has 2 fully saturated rings. The first kappa shape index (κ1) is 17.8. The van der Waals surface area contributed by atoms with Gasteiger partial charge in [0.2, 0.25) is 0 Å². The third kappa shape index (κ3) is 4.77. The van der Waals surface area contributed by atoms with Gasteiger partial charge in [0.05, 0.1) is 24.9 Å². The highest BCUT2D eigenvalue weighted by molar-refractivity contribution is 4.95. The van der Waals surface area contributed by atoms with Crippen LogP contribution < -0.4 is 0 Å². The summed E-state index contributed by atoms with van der Waals surface area (Å²) in [6.45, 7) is 14.3. The van der Waals surface area contributed by atoms with Crippen molar-refractivity contribution in [2.45, 2.75) is 52.1 Å². The molecule has 24 heavy (non-hydrogen) atoms. The lowest BCUT2D eigenvalue weighted by Crippen LogP contribution is -2.48. The molecule has 0 amide bonds. The van der Waals surface area contributed by atoms with Crippen molar-refractivity contribution in [3.63, 3.8) is 0 Å². The Hall–Kier alpha value is -0.980. The van der Waals surface area contributed by atoms with Gasteiger partial charge in [0.1, 0.15) is 0 Å². The van der Waals surface area contributed by atoms with Crippen LogP contribution in [-0.2, 0) is 11.2 Å². The number of hydrogen-bond acceptors (Lipinski definition) is 5. The number of hydrogen-bond donors (Lipinski definition) is 0. The summed E-state index contributed by atoms with van der Waals surface area (Å²) >= 11 is 0. The van der Waals surface area contributed by atoms with Crippen molar-refractivity contribution in [2.24, 2.45) is 5.92 Å². The van der Waals surface area contributed by atoms with Gasteiger partial charge in [-0.1, -0.05) is 19.1 Å². The maximum absolute atomic E-state index is 5.44. The lowest BCUT2D eigenvalue weighted by Gasteiger charge is -2.38. The fraction of sp³-hybridized carbons (Fsp3) is 0.889. The molecule has 2 saturated heterocycles. The van der Waals surface area contributed by atoms with E-state index < -0.39 is 0 Å². The van der Waals surface area contributed by atoms with Crippen LogP contribution in [0.15, 0.2) is 6.20 Å². The van der Waals surface area contributed by atoms with E-state index in [9.17, 15) is 0 Å². The second-order valence-corrected chi connectivity index (χ2v) is 7.82. The van der Waals surface area contributed by atoms with Gasteiger partial charge in [-0.2, -0.15) is 0 Å². The van der Waals surface area contributed by atoms with Gasteiger partial charge in [-0.15, -0.1) is 5.10 Å². The monoisotopic (exact) mass is 335 g/mol. The van der Waals surface area contributed by atoms with Gasteiger partial charge in [-0.25, -0.2) is 4.68 Å². The standard InChI is InChI=1S/C18H33N5O/c1-15(2)12-17-14-23(20-19-17)18-4-6-22(7-5-18)16(3)13-21-8-10-24-11-9-21/h14-16,18H,4-13H2,1-3H3. The first-order valence-electron chi connectivity index (χ1n) is 9.56. The Morgan fingerprint density at radius 2 is 1.83 bits per heavy atom. The van der Waals surface area contributed by atoms with Crippen LogP contribution in [0.3, 0.4) is 0 Å². The Labute approximate surface area is 146 Å². The summed E-state index contributed by atoms with van der Waals surface area (Å²) in [6.07, 6.45) is 5.54. The predicted octanol–water partition coefficient (Wildman–Crippen LogP) is 1.83. The highest BCUT2D eigenvalue weighted by Gasteiger charge is 2.26. The van der Waals surface area contributed by atoms with Crippen LogP contribution in [0.4, 0.5) is 0 Å². The zero-order chi connectivity index (χ0) is 16.9. The molecule has 136 valence electrons. The average Bonchev–Trinajstić information content (AvgIpc) is 3.03. The van der Waals surface area contributed by atoms with Crippen LogP contribution in [0.25, 0.3) is 0 Å². The molecule has 0 aliphatic carbocycles. The lowest BCUT2D eigenvalue weighted by molar-refractivity contribution is 0.0205. The second-order valence-electron chi connectivity index (χ2n) is 7.82. The third-order valence-electron chi connectivity index (χ3n) is 5.30. The number of piperidine rings is 1. The van der Waals surface area contributed by atoms with Crippen LogP contribution in [0.2, 0.25) is 0 Å². The van der Waals surface area contributed by atoms with Gasteiger partial charge in [-0.05, 0) is 32.1 Å². The molecule has 1 unspecified atom stereocenters.